The van der Waals surface area contributed by atoms with Gasteiger partial charge in [-0.05, 0) is 38.0 Å². The number of hydrogen-bond acceptors (Lipinski definition) is 3. The lowest BCUT2D eigenvalue weighted by Gasteiger charge is -2.20. The summed E-state index contributed by atoms with van der Waals surface area (Å²) >= 11 is 0. The van der Waals surface area contributed by atoms with Crippen LogP contribution in [0.2, 0.25) is 0 Å². The Kier molecular flexibility index (Phi) is 3.27. The van der Waals surface area contributed by atoms with Crippen molar-refractivity contribution in [2.75, 3.05) is 6.54 Å². The van der Waals surface area contributed by atoms with Crippen molar-refractivity contribution in [1.82, 2.24) is 14.9 Å². The predicted octanol–water partition coefficient (Wildman–Crippen LogP) is 1.74. The number of hydrogen-bond donors (Lipinski definition) is 2. The van der Waals surface area contributed by atoms with Crippen LogP contribution in [0, 0.1) is 25.2 Å². The Balaban J connectivity index is 2.14. The molecule has 1 fully saturated rings. The van der Waals surface area contributed by atoms with Crippen molar-refractivity contribution in [2.45, 2.75) is 45.4 Å². The van der Waals surface area contributed by atoms with Crippen molar-refractivity contribution in [1.29, 1.82) is 0 Å². The van der Waals surface area contributed by atoms with E-state index in [2.05, 4.69) is 28.8 Å². The Morgan fingerprint density at radius 1 is 1.39 bits per heavy atom. The van der Waals surface area contributed by atoms with Gasteiger partial charge in [0.05, 0.1) is 11.4 Å². The molecule has 0 atom stereocenters. The van der Waals surface area contributed by atoms with Crippen LogP contribution in [0.5, 0.6) is 0 Å². The molecule has 0 unspecified atom stereocenters. The molecule has 0 aromatic carbocycles. The minimum atomic E-state index is -3.45. The first-order valence-corrected chi connectivity index (χ1v) is 7.78. The van der Waals surface area contributed by atoms with Gasteiger partial charge in [0, 0.05) is 6.54 Å². The molecule has 0 saturated heterocycles. The highest BCUT2D eigenvalue weighted by atomic mass is 32.2. The number of H-pyrrole nitrogens is 1. The standard InChI is InChI=1S/C12H21N3O2S/c1-8(2)12(5-6-12)7-13-18(16,17)11-9(3)14-15-10(11)4/h8,13H,5-7H2,1-4H3,(H,14,15). The van der Waals surface area contributed by atoms with Crippen LogP contribution in [-0.2, 0) is 10.0 Å². The summed E-state index contributed by atoms with van der Waals surface area (Å²) in [6.45, 7) is 8.25. The summed E-state index contributed by atoms with van der Waals surface area (Å²) in [5.41, 5.74) is 1.28. The third-order valence-corrected chi connectivity index (χ3v) is 5.72. The van der Waals surface area contributed by atoms with Gasteiger partial charge >= 0.3 is 0 Å². The molecule has 5 nitrogen and oxygen atoms in total. The van der Waals surface area contributed by atoms with Crippen LogP contribution >= 0.6 is 0 Å². The number of aromatic amines is 1. The van der Waals surface area contributed by atoms with E-state index in [4.69, 9.17) is 0 Å². The second kappa shape index (κ2) is 4.35. The SMILES string of the molecule is Cc1n[nH]c(C)c1S(=O)(=O)NCC1(C(C)C)CC1. The van der Waals surface area contributed by atoms with E-state index in [0.29, 0.717) is 28.7 Å². The van der Waals surface area contributed by atoms with Crippen LogP contribution in [0.3, 0.4) is 0 Å². The summed E-state index contributed by atoms with van der Waals surface area (Å²) in [5.74, 6) is 0.506. The Hall–Kier alpha value is -0.880. The topological polar surface area (TPSA) is 74.8 Å². The molecule has 102 valence electrons. The Morgan fingerprint density at radius 3 is 2.39 bits per heavy atom. The fourth-order valence-electron chi connectivity index (χ4n) is 2.37. The number of aromatic nitrogens is 2. The molecule has 1 heterocycles. The van der Waals surface area contributed by atoms with Crippen molar-refractivity contribution in [3.8, 4) is 0 Å². The molecule has 1 aliphatic carbocycles. The molecule has 18 heavy (non-hydrogen) atoms. The van der Waals surface area contributed by atoms with E-state index in [1.807, 2.05) is 0 Å². The maximum atomic E-state index is 12.3. The smallest absolute Gasteiger partial charge is 0.244 e. The summed E-state index contributed by atoms with van der Waals surface area (Å²) in [6, 6.07) is 0. The highest BCUT2D eigenvalue weighted by Gasteiger charge is 2.45. The largest absolute Gasteiger partial charge is 0.281 e. The van der Waals surface area contributed by atoms with Crippen LogP contribution in [0.15, 0.2) is 4.90 Å². The molecule has 1 aliphatic rings. The fourth-order valence-corrected chi connectivity index (χ4v) is 3.87. The normalized spacial score (nSPS) is 18.3. The van der Waals surface area contributed by atoms with E-state index < -0.39 is 10.0 Å². The first-order chi connectivity index (χ1) is 8.28. The van der Waals surface area contributed by atoms with Gasteiger partial charge in [-0.1, -0.05) is 13.8 Å². The average Bonchev–Trinajstić information content (AvgIpc) is 2.98. The van der Waals surface area contributed by atoms with Gasteiger partial charge in [-0.25, -0.2) is 13.1 Å². The zero-order valence-corrected chi connectivity index (χ0v) is 12.2. The second-order valence-electron chi connectivity index (χ2n) is 5.60. The first kappa shape index (κ1) is 13.5. The molecular weight excluding hydrogens is 250 g/mol. The van der Waals surface area contributed by atoms with Crippen LogP contribution in [0.4, 0.5) is 0 Å². The third kappa shape index (κ3) is 2.31. The lowest BCUT2D eigenvalue weighted by molar-refractivity contribution is 0.357. The molecule has 2 N–H and O–H groups in total. The van der Waals surface area contributed by atoms with Gasteiger partial charge in [0.1, 0.15) is 4.90 Å². The summed E-state index contributed by atoms with van der Waals surface area (Å²) in [6.07, 6.45) is 2.22. The molecule has 0 spiro atoms. The van der Waals surface area contributed by atoms with E-state index in [0.717, 1.165) is 12.8 Å². The number of nitrogens with zero attached hydrogens (tertiary/aromatic N) is 1. The summed E-state index contributed by atoms with van der Waals surface area (Å²) in [5, 5.41) is 6.64. The van der Waals surface area contributed by atoms with E-state index >= 15 is 0 Å². The van der Waals surface area contributed by atoms with Crippen molar-refractivity contribution < 1.29 is 8.42 Å². The van der Waals surface area contributed by atoms with Crippen LogP contribution in [0.25, 0.3) is 0 Å². The molecule has 0 amide bonds. The lowest BCUT2D eigenvalue weighted by Crippen LogP contribution is -2.33. The molecule has 1 aromatic rings. The molecule has 0 aliphatic heterocycles. The highest BCUT2D eigenvalue weighted by Crippen LogP contribution is 2.51. The van der Waals surface area contributed by atoms with Crippen molar-refractivity contribution in [3.05, 3.63) is 11.4 Å². The van der Waals surface area contributed by atoms with E-state index in [-0.39, 0.29) is 5.41 Å². The molecule has 6 heteroatoms. The number of aryl methyl sites for hydroxylation is 2. The average molecular weight is 271 g/mol. The van der Waals surface area contributed by atoms with Crippen molar-refractivity contribution in [3.63, 3.8) is 0 Å². The lowest BCUT2D eigenvalue weighted by atomic mass is 9.93. The fraction of sp³-hybridized carbons (Fsp3) is 0.750. The minimum Gasteiger partial charge on any atom is -0.281 e. The molecule has 2 rings (SSSR count). The Bertz CT molecular complexity index is 522. The summed E-state index contributed by atoms with van der Waals surface area (Å²) in [7, 11) is -3.45. The maximum Gasteiger partial charge on any atom is 0.244 e. The zero-order valence-electron chi connectivity index (χ0n) is 11.4. The zero-order chi connectivity index (χ0) is 13.6. The molecular formula is C12H21N3O2S. The highest BCUT2D eigenvalue weighted by molar-refractivity contribution is 7.89. The van der Waals surface area contributed by atoms with Gasteiger partial charge in [0.25, 0.3) is 0 Å². The summed E-state index contributed by atoms with van der Waals surface area (Å²) in [4.78, 5) is 0.294. The van der Waals surface area contributed by atoms with Gasteiger partial charge in [-0.3, -0.25) is 5.10 Å². The molecule has 1 saturated carbocycles. The second-order valence-corrected chi connectivity index (χ2v) is 7.31. The van der Waals surface area contributed by atoms with E-state index in [1.165, 1.54) is 0 Å². The Labute approximate surface area is 108 Å². The third-order valence-electron chi connectivity index (χ3n) is 4.06. The predicted molar refractivity (Wildman–Crippen MR) is 69.8 cm³/mol. The summed E-state index contributed by atoms with van der Waals surface area (Å²) < 4.78 is 27.3. The van der Waals surface area contributed by atoms with Gasteiger partial charge in [-0.2, -0.15) is 5.10 Å². The van der Waals surface area contributed by atoms with Crippen LogP contribution < -0.4 is 4.72 Å². The van der Waals surface area contributed by atoms with E-state index in [9.17, 15) is 8.42 Å². The number of rotatable bonds is 5. The van der Waals surface area contributed by atoms with Crippen molar-refractivity contribution in [2.24, 2.45) is 11.3 Å². The van der Waals surface area contributed by atoms with Gasteiger partial charge in [0.2, 0.25) is 10.0 Å². The number of nitrogens with one attached hydrogen (secondary N) is 2. The van der Waals surface area contributed by atoms with E-state index in [1.54, 1.807) is 13.8 Å². The molecule has 0 radical (unpaired) electrons. The molecule has 1 aromatic heterocycles. The van der Waals surface area contributed by atoms with Crippen LogP contribution in [0.1, 0.15) is 38.1 Å². The first-order valence-electron chi connectivity index (χ1n) is 6.30. The Morgan fingerprint density at radius 2 is 2.00 bits per heavy atom. The molecule has 0 bridgehead atoms. The monoisotopic (exact) mass is 271 g/mol. The minimum absolute atomic E-state index is 0.165. The van der Waals surface area contributed by atoms with Gasteiger partial charge < -0.3 is 0 Å². The van der Waals surface area contributed by atoms with Gasteiger partial charge in [-0.15, -0.1) is 0 Å². The van der Waals surface area contributed by atoms with Gasteiger partial charge in [0.15, 0.2) is 0 Å². The number of sulfonamides is 1. The van der Waals surface area contributed by atoms with Crippen LogP contribution in [-0.4, -0.2) is 25.2 Å². The quantitative estimate of drug-likeness (QED) is 0.856. The maximum absolute atomic E-state index is 12.3. The van der Waals surface area contributed by atoms with Crippen molar-refractivity contribution >= 4 is 10.0 Å².